The summed E-state index contributed by atoms with van der Waals surface area (Å²) in [6.45, 7) is 1.95. The molecule has 1 saturated heterocycles. The van der Waals surface area contributed by atoms with Gasteiger partial charge in [0.1, 0.15) is 11.8 Å². The minimum atomic E-state index is 0.283. The van der Waals surface area contributed by atoms with Crippen LogP contribution >= 0.6 is 35.1 Å². The molecule has 2 heterocycles. The van der Waals surface area contributed by atoms with E-state index in [1.165, 1.54) is 0 Å². The van der Waals surface area contributed by atoms with E-state index in [-0.39, 0.29) is 5.25 Å². The third kappa shape index (κ3) is 2.84. The Labute approximate surface area is 137 Å². The Morgan fingerprint density at radius 3 is 2.95 bits per heavy atom. The van der Waals surface area contributed by atoms with Crippen molar-refractivity contribution in [1.29, 1.82) is 5.26 Å². The highest BCUT2D eigenvalue weighted by Gasteiger charge is 2.27. The van der Waals surface area contributed by atoms with Crippen LogP contribution in [0.25, 0.3) is 5.70 Å². The highest BCUT2D eigenvalue weighted by atomic mass is 35.5. The van der Waals surface area contributed by atoms with Crippen LogP contribution in [-0.2, 0) is 0 Å². The molecule has 0 spiro atoms. The summed E-state index contributed by atoms with van der Waals surface area (Å²) in [6.07, 6.45) is 3.44. The van der Waals surface area contributed by atoms with Crippen molar-refractivity contribution in [2.45, 2.75) is 12.2 Å². The van der Waals surface area contributed by atoms with Gasteiger partial charge in [0.15, 0.2) is 0 Å². The number of nitriles is 1. The standard InChI is InChI=1S/C15H12ClN3S2/c1-10-7-18-9-19(10)13(6-17)15-20-8-14(21-15)11-4-2-3-5-12(11)16/h2-5,7,9,14H,8H2,1H3/b15-13+. The molecule has 21 heavy (non-hydrogen) atoms. The number of imidazole rings is 1. The normalized spacial score (nSPS) is 20.3. The van der Waals surface area contributed by atoms with E-state index >= 15 is 0 Å². The van der Waals surface area contributed by atoms with E-state index in [4.69, 9.17) is 11.6 Å². The van der Waals surface area contributed by atoms with Gasteiger partial charge in [0.25, 0.3) is 0 Å². The number of thioether (sulfide) groups is 2. The zero-order valence-corrected chi connectivity index (χ0v) is 13.7. The number of nitrogens with zero attached hydrogens (tertiary/aromatic N) is 3. The van der Waals surface area contributed by atoms with Crippen LogP contribution in [0.2, 0.25) is 5.02 Å². The summed E-state index contributed by atoms with van der Waals surface area (Å²) in [5.74, 6) is 0.919. The molecule has 0 bridgehead atoms. The van der Waals surface area contributed by atoms with Crippen molar-refractivity contribution in [3.8, 4) is 6.07 Å². The van der Waals surface area contributed by atoms with E-state index in [1.54, 1.807) is 36.0 Å². The molecule has 0 amide bonds. The van der Waals surface area contributed by atoms with Gasteiger partial charge in [0.2, 0.25) is 0 Å². The van der Waals surface area contributed by atoms with Crippen LogP contribution in [0.5, 0.6) is 0 Å². The van der Waals surface area contributed by atoms with E-state index in [1.807, 2.05) is 29.7 Å². The fourth-order valence-electron chi connectivity index (χ4n) is 2.16. The van der Waals surface area contributed by atoms with Crippen LogP contribution in [0.3, 0.4) is 0 Å². The molecule has 3 rings (SSSR count). The van der Waals surface area contributed by atoms with Gasteiger partial charge in [0, 0.05) is 27.9 Å². The Balaban J connectivity index is 1.93. The first-order valence-electron chi connectivity index (χ1n) is 6.38. The summed E-state index contributed by atoms with van der Waals surface area (Å²) in [5, 5.41) is 10.6. The number of hydrogen-bond acceptors (Lipinski definition) is 4. The maximum absolute atomic E-state index is 9.48. The lowest BCUT2D eigenvalue weighted by Crippen LogP contribution is -1.96. The topological polar surface area (TPSA) is 41.6 Å². The van der Waals surface area contributed by atoms with Gasteiger partial charge in [0.05, 0.1) is 10.6 Å². The molecule has 0 N–H and O–H groups in total. The molecule has 1 aliphatic rings. The fourth-order valence-corrected chi connectivity index (χ4v) is 5.40. The number of aromatic nitrogens is 2. The molecular weight excluding hydrogens is 322 g/mol. The largest absolute Gasteiger partial charge is 0.293 e. The molecule has 2 aromatic rings. The zero-order valence-electron chi connectivity index (χ0n) is 11.3. The third-order valence-electron chi connectivity index (χ3n) is 3.23. The van der Waals surface area contributed by atoms with Crippen LogP contribution in [-0.4, -0.2) is 15.3 Å². The van der Waals surface area contributed by atoms with Crippen LogP contribution in [0.4, 0.5) is 0 Å². The van der Waals surface area contributed by atoms with Crippen molar-refractivity contribution in [3.05, 3.63) is 57.3 Å². The van der Waals surface area contributed by atoms with Crippen molar-refractivity contribution < 1.29 is 0 Å². The number of rotatable bonds is 2. The minimum absolute atomic E-state index is 0.283. The quantitative estimate of drug-likeness (QED) is 0.746. The maximum atomic E-state index is 9.48. The van der Waals surface area contributed by atoms with E-state index < -0.39 is 0 Å². The number of allylic oxidation sites excluding steroid dienone is 1. The summed E-state index contributed by atoms with van der Waals surface area (Å²) < 4.78 is 2.87. The molecule has 106 valence electrons. The maximum Gasteiger partial charge on any atom is 0.145 e. The van der Waals surface area contributed by atoms with Crippen LogP contribution in [0.1, 0.15) is 16.5 Å². The van der Waals surface area contributed by atoms with E-state index in [0.717, 1.165) is 26.3 Å². The highest BCUT2D eigenvalue weighted by Crippen LogP contribution is 2.53. The predicted molar refractivity (Wildman–Crippen MR) is 90.0 cm³/mol. The second kappa shape index (κ2) is 6.18. The van der Waals surface area contributed by atoms with Crippen molar-refractivity contribution in [2.24, 2.45) is 0 Å². The third-order valence-corrected chi connectivity index (χ3v) is 6.50. The molecule has 1 aromatic heterocycles. The van der Waals surface area contributed by atoms with Gasteiger partial charge < -0.3 is 0 Å². The van der Waals surface area contributed by atoms with E-state index in [0.29, 0.717) is 5.70 Å². The first-order valence-corrected chi connectivity index (χ1v) is 8.62. The van der Waals surface area contributed by atoms with E-state index in [2.05, 4.69) is 17.1 Å². The average molecular weight is 334 g/mol. The highest BCUT2D eigenvalue weighted by molar-refractivity contribution is 8.25. The number of benzene rings is 1. The lowest BCUT2D eigenvalue weighted by Gasteiger charge is -2.10. The van der Waals surface area contributed by atoms with Crippen molar-refractivity contribution in [2.75, 3.05) is 5.75 Å². The molecule has 1 fully saturated rings. The number of aryl methyl sites for hydroxylation is 1. The Hall–Kier alpha value is -1.35. The van der Waals surface area contributed by atoms with Gasteiger partial charge in [-0.2, -0.15) is 5.26 Å². The predicted octanol–water partition coefficient (Wildman–Crippen LogP) is 4.72. The molecule has 0 radical (unpaired) electrons. The minimum Gasteiger partial charge on any atom is -0.293 e. The molecule has 6 heteroatoms. The summed E-state index contributed by atoms with van der Waals surface area (Å²) in [4.78, 5) is 4.09. The second-order valence-electron chi connectivity index (χ2n) is 4.59. The lowest BCUT2D eigenvalue weighted by atomic mass is 10.2. The van der Waals surface area contributed by atoms with Gasteiger partial charge in [-0.15, -0.1) is 23.5 Å². The monoisotopic (exact) mass is 333 g/mol. The van der Waals surface area contributed by atoms with Gasteiger partial charge in [-0.3, -0.25) is 4.57 Å². The van der Waals surface area contributed by atoms with Crippen molar-refractivity contribution in [3.63, 3.8) is 0 Å². The van der Waals surface area contributed by atoms with Gasteiger partial charge in [-0.05, 0) is 18.6 Å². The summed E-state index contributed by atoms with van der Waals surface area (Å²) in [5.41, 5.74) is 2.74. The molecule has 1 unspecified atom stereocenters. The summed E-state index contributed by atoms with van der Waals surface area (Å²) >= 11 is 9.68. The van der Waals surface area contributed by atoms with Crippen molar-refractivity contribution in [1.82, 2.24) is 9.55 Å². The number of hydrogen-bond donors (Lipinski definition) is 0. The summed E-state index contributed by atoms with van der Waals surface area (Å²) in [7, 11) is 0. The zero-order chi connectivity index (χ0) is 14.8. The molecule has 1 aliphatic heterocycles. The van der Waals surface area contributed by atoms with Gasteiger partial charge in [-0.25, -0.2) is 4.98 Å². The van der Waals surface area contributed by atoms with Crippen LogP contribution in [0, 0.1) is 18.3 Å². The van der Waals surface area contributed by atoms with E-state index in [9.17, 15) is 5.26 Å². The first kappa shape index (κ1) is 14.6. The molecular formula is C15H12ClN3S2. The molecule has 0 saturated carbocycles. The average Bonchev–Trinajstić information content (AvgIpc) is 3.11. The fraction of sp³-hybridized carbons (Fsp3) is 0.200. The molecule has 0 aliphatic carbocycles. The molecule has 1 atom stereocenters. The summed E-state index contributed by atoms with van der Waals surface area (Å²) in [6, 6.07) is 10.2. The lowest BCUT2D eigenvalue weighted by molar-refractivity contribution is 1.04. The molecule has 3 nitrogen and oxygen atoms in total. The Morgan fingerprint density at radius 1 is 1.48 bits per heavy atom. The Morgan fingerprint density at radius 2 is 2.29 bits per heavy atom. The first-order chi connectivity index (χ1) is 10.2. The second-order valence-corrected chi connectivity index (χ2v) is 7.50. The Kier molecular flexibility index (Phi) is 4.29. The van der Waals surface area contributed by atoms with Crippen molar-refractivity contribution >= 4 is 40.8 Å². The van der Waals surface area contributed by atoms with Gasteiger partial charge >= 0.3 is 0 Å². The van der Waals surface area contributed by atoms with Crippen LogP contribution < -0.4 is 0 Å². The SMILES string of the molecule is Cc1cncn1/C(C#N)=C1\SCC(c2ccccc2Cl)S1. The molecule has 1 aromatic carbocycles. The van der Waals surface area contributed by atoms with Gasteiger partial charge in [-0.1, -0.05) is 29.8 Å². The smallest absolute Gasteiger partial charge is 0.145 e. The Bertz CT molecular complexity index is 745. The number of halogens is 1. The van der Waals surface area contributed by atoms with Crippen LogP contribution in [0.15, 0.2) is 41.0 Å².